The van der Waals surface area contributed by atoms with Gasteiger partial charge in [0.2, 0.25) is 5.91 Å². The number of carbonyl (C=O) groups is 1. The first-order chi connectivity index (χ1) is 15.0. The van der Waals surface area contributed by atoms with Crippen LogP contribution in [0.15, 0.2) is 49.1 Å². The number of amides is 1. The number of nitrogens with one attached hydrogen (secondary N) is 3. The highest BCUT2D eigenvalue weighted by molar-refractivity contribution is 5.99. The van der Waals surface area contributed by atoms with Crippen LogP contribution in [0.1, 0.15) is 42.3 Å². The van der Waals surface area contributed by atoms with Crippen molar-refractivity contribution in [1.82, 2.24) is 10.9 Å². The molecule has 2 aromatic carbocycles. The second-order valence-electron chi connectivity index (χ2n) is 8.06. The lowest BCUT2D eigenvalue weighted by Gasteiger charge is -2.34. The first kappa shape index (κ1) is 21.3. The van der Waals surface area contributed by atoms with Crippen molar-refractivity contribution in [2.75, 3.05) is 19.5 Å². The van der Waals surface area contributed by atoms with Crippen molar-refractivity contribution in [3.05, 3.63) is 66.0 Å². The molecule has 1 heterocycles. The van der Waals surface area contributed by atoms with Crippen LogP contribution in [0.25, 0.3) is 0 Å². The molecule has 3 N–H and O–H groups in total. The van der Waals surface area contributed by atoms with Gasteiger partial charge in [0.25, 0.3) is 0 Å². The van der Waals surface area contributed by atoms with Gasteiger partial charge in [0, 0.05) is 17.8 Å². The third-order valence-corrected chi connectivity index (χ3v) is 6.43. The molecule has 31 heavy (non-hydrogen) atoms. The number of rotatable bonds is 6. The van der Waals surface area contributed by atoms with Gasteiger partial charge in [0.05, 0.1) is 20.3 Å². The number of anilines is 1. The zero-order valence-electron chi connectivity index (χ0n) is 17.8. The summed E-state index contributed by atoms with van der Waals surface area (Å²) < 4.78 is 25.6. The summed E-state index contributed by atoms with van der Waals surface area (Å²) >= 11 is 0. The predicted molar refractivity (Wildman–Crippen MR) is 118 cm³/mol. The predicted octanol–water partition coefficient (Wildman–Crippen LogP) is 4.07. The van der Waals surface area contributed by atoms with Gasteiger partial charge >= 0.3 is 0 Å². The smallest absolute Gasteiger partial charge is 0.247 e. The van der Waals surface area contributed by atoms with Gasteiger partial charge in [-0.15, -0.1) is 0 Å². The highest BCUT2D eigenvalue weighted by Crippen LogP contribution is 2.46. The van der Waals surface area contributed by atoms with Crippen LogP contribution < -0.4 is 25.6 Å². The minimum Gasteiger partial charge on any atom is -0.497 e. The number of methoxy groups -OCH3 is 2. The molecular weight excluding hydrogens is 397 g/mol. The van der Waals surface area contributed by atoms with E-state index < -0.39 is 0 Å². The molecule has 1 saturated heterocycles. The minimum absolute atomic E-state index is 0.0527. The van der Waals surface area contributed by atoms with Crippen LogP contribution >= 0.6 is 0 Å². The summed E-state index contributed by atoms with van der Waals surface area (Å²) in [6.07, 6.45) is 3.84. The molecule has 4 atom stereocenters. The van der Waals surface area contributed by atoms with E-state index in [4.69, 9.17) is 9.47 Å². The van der Waals surface area contributed by atoms with E-state index in [1.54, 1.807) is 19.2 Å². The van der Waals surface area contributed by atoms with E-state index >= 15 is 4.39 Å². The van der Waals surface area contributed by atoms with Crippen molar-refractivity contribution in [3.63, 3.8) is 0 Å². The first-order valence-electron chi connectivity index (χ1n) is 10.5. The van der Waals surface area contributed by atoms with E-state index in [1.807, 2.05) is 24.3 Å². The van der Waals surface area contributed by atoms with Crippen LogP contribution in [0.3, 0.4) is 0 Å². The number of hydrogen-bond acceptors (Lipinski definition) is 5. The number of hydrazine groups is 1. The van der Waals surface area contributed by atoms with Gasteiger partial charge in [-0.3, -0.25) is 10.2 Å². The normalized spacial score (nSPS) is 24.9. The standard InChI is InChI=1S/C24H28FN3O3/c1-4-22(29)26-19-8-6-5-7-16(19)24-17-10-9-14(11-20(17)27-28-24)18-12-15(30-2)13-21(31-3)23(18)25/h4-8,12-14,17,20,24,27-28H,1,9-11H2,2-3H3,(H,26,29). The van der Waals surface area contributed by atoms with Crippen molar-refractivity contribution in [2.24, 2.45) is 5.92 Å². The summed E-state index contributed by atoms with van der Waals surface area (Å²) in [4.78, 5) is 11.8. The summed E-state index contributed by atoms with van der Waals surface area (Å²) in [6.45, 7) is 3.53. The Labute approximate surface area is 181 Å². The number of carbonyl (C=O) groups excluding carboxylic acids is 1. The van der Waals surface area contributed by atoms with Crippen LogP contribution in [0.4, 0.5) is 10.1 Å². The van der Waals surface area contributed by atoms with Crippen molar-refractivity contribution in [3.8, 4) is 11.5 Å². The molecule has 2 aromatic rings. The Morgan fingerprint density at radius 3 is 2.71 bits per heavy atom. The van der Waals surface area contributed by atoms with E-state index in [-0.39, 0.29) is 35.5 Å². The Kier molecular flexibility index (Phi) is 6.25. The Morgan fingerprint density at radius 1 is 1.16 bits per heavy atom. The summed E-state index contributed by atoms with van der Waals surface area (Å²) in [5.41, 5.74) is 9.26. The van der Waals surface area contributed by atoms with Crippen LogP contribution in [0.5, 0.6) is 11.5 Å². The van der Waals surface area contributed by atoms with Crippen LogP contribution in [-0.2, 0) is 4.79 Å². The van der Waals surface area contributed by atoms with Crippen molar-refractivity contribution in [1.29, 1.82) is 0 Å². The average Bonchev–Trinajstić information content (AvgIpc) is 3.22. The molecule has 0 bridgehead atoms. The summed E-state index contributed by atoms with van der Waals surface area (Å²) in [6, 6.07) is 11.4. The molecule has 1 saturated carbocycles. The third-order valence-electron chi connectivity index (χ3n) is 6.43. The maximum Gasteiger partial charge on any atom is 0.247 e. The topological polar surface area (TPSA) is 71.6 Å². The molecule has 7 heteroatoms. The maximum absolute atomic E-state index is 15.0. The molecule has 4 unspecified atom stereocenters. The maximum atomic E-state index is 15.0. The number of halogens is 1. The van der Waals surface area contributed by atoms with Gasteiger partial charge in [0.15, 0.2) is 11.6 Å². The Hall–Kier alpha value is -2.90. The molecule has 4 rings (SSSR count). The van der Waals surface area contributed by atoms with Crippen LogP contribution in [0.2, 0.25) is 0 Å². The van der Waals surface area contributed by atoms with E-state index in [2.05, 4.69) is 22.7 Å². The molecule has 6 nitrogen and oxygen atoms in total. The van der Waals surface area contributed by atoms with Crippen molar-refractivity contribution in [2.45, 2.75) is 37.3 Å². The first-order valence-corrected chi connectivity index (χ1v) is 10.5. The molecule has 164 valence electrons. The second-order valence-corrected chi connectivity index (χ2v) is 8.06. The minimum atomic E-state index is -0.313. The van der Waals surface area contributed by atoms with Gasteiger partial charge in [-0.1, -0.05) is 24.8 Å². The fraction of sp³-hybridized carbons (Fsp3) is 0.375. The van der Waals surface area contributed by atoms with Crippen molar-refractivity contribution < 1.29 is 18.7 Å². The fourth-order valence-corrected chi connectivity index (χ4v) is 4.88. The molecule has 2 fully saturated rings. The number of fused-ring (bicyclic) bond motifs is 1. The van der Waals surface area contributed by atoms with Gasteiger partial charge in [-0.2, -0.15) is 0 Å². The lowest BCUT2D eigenvalue weighted by Crippen LogP contribution is -2.35. The molecule has 0 aromatic heterocycles. The zero-order valence-corrected chi connectivity index (χ0v) is 17.8. The number of para-hydroxylation sites is 1. The van der Waals surface area contributed by atoms with E-state index in [9.17, 15) is 4.79 Å². The second kappa shape index (κ2) is 9.08. The third kappa shape index (κ3) is 4.16. The number of hydrogen-bond donors (Lipinski definition) is 3. The largest absolute Gasteiger partial charge is 0.497 e. The SMILES string of the molecule is C=CC(=O)Nc1ccccc1C1NNC2CC(c3cc(OC)cc(OC)c3F)CCC21. The highest BCUT2D eigenvalue weighted by atomic mass is 19.1. The van der Waals surface area contributed by atoms with Crippen LogP contribution in [-0.4, -0.2) is 26.2 Å². The molecule has 2 aliphatic rings. The van der Waals surface area contributed by atoms with E-state index in [0.717, 1.165) is 30.5 Å². The summed E-state index contributed by atoms with van der Waals surface area (Å²) in [7, 11) is 3.04. The molecule has 1 amide bonds. The van der Waals surface area contributed by atoms with Crippen molar-refractivity contribution >= 4 is 11.6 Å². The number of ether oxygens (including phenoxy) is 2. The quantitative estimate of drug-likeness (QED) is 0.609. The average molecular weight is 426 g/mol. The van der Waals surface area contributed by atoms with Gasteiger partial charge < -0.3 is 14.8 Å². The van der Waals surface area contributed by atoms with E-state index in [0.29, 0.717) is 17.2 Å². The Balaban J connectivity index is 1.55. The van der Waals surface area contributed by atoms with Gasteiger partial charge in [-0.05, 0) is 60.4 Å². The zero-order chi connectivity index (χ0) is 22.0. The van der Waals surface area contributed by atoms with Crippen LogP contribution in [0, 0.1) is 11.7 Å². The number of benzene rings is 2. The highest BCUT2D eigenvalue weighted by Gasteiger charge is 2.42. The molecular formula is C24H28FN3O3. The van der Waals surface area contributed by atoms with E-state index in [1.165, 1.54) is 13.2 Å². The Bertz CT molecular complexity index is 981. The van der Waals surface area contributed by atoms with Gasteiger partial charge in [0.1, 0.15) is 5.75 Å². The molecule has 0 radical (unpaired) electrons. The molecule has 1 aliphatic heterocycles. The lowest BCUT2D eigenvalue weighted by molar-refractivity contribution is -0.111. The monoisotopic (exact) mass is 425 g/mol. The Morgan fingerprint density at radius 2 is 1.97 bits per heavy atom. The van der Waals surface area contributed by atoms with Gasteiger partial charge in [-0.25, -0.2) is 9.82 Å². The molecule has 1 aliphatic carbocycles. The summed E-state index contributed by atoms with van der Waals surface area (Å²) in [5, 5.41) is 2.90. The fourth-order valence-electron chi connectivity index (χ4n) is 4.88. The summed E-state index contributed by atoms with van der Waals surface area (Å²) in [5.74, 6) is 0.645. The lowest BCUT2D eigenvalue weighted by atomic mass is 9.72. The molecule has 0 spiro atoms.